The number of ketones is 1. The molecule has 0 heterocycles. The number of carbonyl (C=O) groups is 1. The van der Waals surface area contributed by atoms with Crippen molar-refractivity contribution >= 4 is 5.78 Å². The summed E-state index contributed by atoms with van der Waals surface area (Å²) in [7, 11) is 1.81. The Kier molecular flexibility index (Phi) is 6.23. The van der Waals surface area contributed by atoms with E-state index >= 15 is 0 Å². The fourth-order valence-corrected chi connectivity index (χ4v) is 10.6. The van der Waals surface area contributed by atoms with E-state index in [-0.39, 0.29) is 27.6 Å². The lowest BCUT2D eigenvalue weighted by molar-refractivity contribution is -0.171. The van der Waals surface area contributed by atoms with Gasteiger partial charge < -0.3 is 4.74 Å². The second-order valence-corrected chi connectivity index (χ2v) is 15.0. The van der Waals surface area contributed by atoms with E-state index in [2.05, 4.69) is 59.8 Å². The first-order valence-electron chi connectivity index (χ1n) is 14.7. The molecule has 0 N–H and O–H groups in total. The number of methoxy groups -OCH3 is 1. The third-order valence-electron chi connectivity index (χ3n) is 12.7. The van der Waals surface area contributed by atoms with Crippen LogP contribution < -0.4 is 0 Å². The van der Waals surface area contributed by atoms with Crippen molar-refractivity contribution < 1.29 is 9.53 Å². The molecular weight excluding hydrogens is 442 g/mol. The first kappa shape index (κ1) is 26.2. The number of hydrogen-bond acceptors (Lipinski definition) is 3. The summed E-state index contributed by atoms with van der Waals surface area (Å²) in [5, 5.41) is 9.85. The number of hydrogen-bond donors (Lipinski definition) is 0. The normalized spacial score (nSPS) is 47.3. The van der Waals surface area contributed by atoms with Gasteiger partial charge in [0.1, 0.15) is 0 Å². The molecule has 8 atom stereocenters. The summed E-state index contributed by atoms with van der Waals surface area (Å²) >= 11 is 0. The van der Waals surface area contributed by atoms with E-state index < -0.39 is 0 Å². The predicted molar refractivity (Wildman–Crippen MR) is 145 cm³/mol. The fraction of sp³-hybridized carbons (Fsp3) is 0.818. The van der Waals surface area contributed by atoms with Crippen LogP contribution in [0.5, 0.6) is 0 Å². The average molecular weight is 492 g/mol. The molecular formula is C33H49NO2. The molecule has 0 radical (unpaired) electrons. The van der Waals surface area contributed by atoms with E-state index in [4.69, 9.17) is 4.74 Å². The van der Waals surface area contributed by atoms with Crippen LogP contribution in [0.15, 0.2) is 23.3 Å². The van der Waals surface area contributed by atoms with Crippen molar-refractivity contribution in [2.45, 2.75) is 106 Å². The Hall–Kier alpha value is -1.40. The fourth-order valence-electron chi connectivity index (χ4n) is 10.6. The molecule has 198 valence electrons. The van der Waals surface area contributed by atoms with E-state index in [0.29, 0.717) is 29.0 Å². The molecule has 0 aromatic carbocycles. The summed E-state index contributed by atoms with van der Waals surface area (Å²) in [4.78, 5) is 14.4. The number of ether oxygens (including phenoxy) is 1. The number of carbonyl (C=O) groups excluding carboxylic acids is 1. The monoisotopic (exact) mass is 491 g/mol. The van der Waals surface area contributed by atoms with Gasteiger partial charge in [0.25, 0.3) is 0 Å². The Morgan fingerprint density at radius 2 is 1.78 bits per heavy atom. The smallest absolute Gasteiger partial charge is 0.159 e. The van der Waals surface area contributed by atoms with Crippen molar-refractivity contribution in [2.75, 3.05) is 13.7 Å². The quantitative estimate of drug-likeness (QED) is 0.374. The van der Waals surface area contributed by atoms with Crippen LogP contribution in [-0.2, 0) is 9.53 Å². The first-order valence-corrected chi connectivity index (χ1v) is 14.7. The summed E-state index contributed by atoms with van der Waals surface area (Å²) in [6.07, 6.45) is 16.0. The van der Waals surface area contributed by atoms with Gasteiger partial charge in [0, 0.05) is 30.6 Å². The van der Waals surface area contributed by atoms with Gasteiger partial charge in [-0.25, -0.2) is 0 Å². The number of fused-ring (bicyclic) bond motifs is 7. The molecule has 2 unspecified atom stereocenters. The highest BCUT2D eigenvalue weighted by Crippen LogP contribution is 2.74. The number of nitriles is 1. The molecule has 5 aliphatic rings. The molecule has 5 rings (SSSR count). The van der Waals surface area contributed by atoms with E-state index in [1.165, 1.54) is 50.5 Å². The van der Waals surface area contributed by atoms with Crippen LogP contribution >= 0.6 is 0 Å². The van der Waals surface area contributed by atoms with Crippen LogP contribution in [-0.4, -0.2) is 19.5 Å². The molecule has 3 nitrogen and oxygen atoms in total. The summed E-state index contributed by atoms with van der Waals surface area (Å²) in [5.41, 5.74) is 2.66. The molecule has 0 bridgehead atoms. The van der Waals surface area contributed by atoms with Crippen LogP contribution in [0.1, 0.15) is 106 Å². The standard InChI is InChI=1S/C33H49NO2/c1-22-17-23(21-34)19-30(4)24(22)9-11-31(5)27(30)18-26(35)28-25-20-29(2,3)12-14-33(25,10-8-16-36-7)15-13-32(28,31)6/h18-19,22,24-25,28H,8-17,20H2,1-7H3/t22-,24+,25?,28?,30+,31-,32-,33-/m1/s1. The first-order chi connectivity index (χ1) is 16.9. The Morgan fingerprint density at radius 1 is 1.06 bits per heavy atom. The summed E-state index contributed by atoms with van der Waals surface area (Å²) in [6.45, 7) is 15.4. The molecule has 0 aromatic rings. The topological polar surface area (TPSA) is 50.1 Å². The predicted octanol–water partition coefficient (Wildman–Crippen LogP) is 8.06. The number of rotatable bonds is 4. The number of nitrogens with zero attached hydrogens (tertiary/aromatic N) is 1. The second-order valence-electron chi connectivity index (χ2n) is 15.0. The molecule has 0 aromatic heterocycles. The minimum absolute atomic E-state index is 0.00519. The van der Waals surface area contributed by atoms with Gasteiger partial charge in [0.05, 0.1) is 6.07 Å². The maximum absolute atomic E-state index is 14.4. The van der Waals surface area contributed by atoms with E-state index in [1.54, 1.807) is 0 Å². The van der Waals surface area contributed by atoms with Crippen molar-refractivity contribution in [1.82, 2.24) is 0 Å². The Morgan fingerprint density at radius 3 is 2.47 bits per heavy atom. The minimum atomic E-state index is -0.182. The lowest BCUT2D eigenvalue weighted by Crippen LogP contribution is -2.63. The maximum atomic E-state index is 14.4. The van der Waals surface area contributed by atoms with Crippen molar-refractivity contribution in [2.24, 2.45) is 50.7 Å². The third-order valence-corrected chi connectivity index (χ3v) is 12.7. The minimum Gasteiger partial charge on any atom is -0.385 e. The number of allylic oxidation sites excluding steroid dienone is 4. The molecule has 0 amide bonds. The highest BCUT2D eigenvalue weighted by atomic mass is 16.5. The molecule has 0 spiro atoms. The van der Waals surface area contributed by atoms with Crippen molar-refractivity contribution in [3.05, 3.63) is 23.3 Å². The molecule has 36 heavy (non-hydrogen) atoms. The Bertz CT molecular complexity index is 1030. The van der Waals surface area contributed by atoms with Crippen LogP contribution in [0.2, 0.25) is 0 Å². The zero-order valence-electron chi connectivity index (χ0n) is 24.0. The summed E-state index contributed by atoms with van der Waals surface area (Å²) in [6, 6.07) is 2.49. The molecule has 0 aliphatic heterocycles. The van der Waals surface area contributed by atoms with Gasteiger partial charge in [-0.1, -0.05) is 53.2 Å². The lowest BCUT2D eigenvalue weighted by Gasteiger charge is -2.69. The van der Waals surface area contributed by atoms with Gasteiger partial charge in [-0.2, -0.15) is 5.26 Å². The zero-order valence-corrected chi connectivity index (χ0v) is 24.0. The molecule has 3 saturated carbocycles. The summed E-state index contributed by atoms with van der Waals surface area (Å²) < 4.78 is 5.47. The van der Waals surface area contributed by atoms with Gasteiger partial charge in [-0.3, -0.25) is 4.79 Å². The third kappa shape index (κ3) is 3.56. The van der Waals surface area contributed by atoms with Gasteiger partial charge in [-0.05, 0) is 110 Å². The second kappa shape index (κ2) is 8.56. The van der Waals surface area contributed by atoms with Gasteiger partial charge >= 0.3 is 0 Å². The van der Waals surface area contributed by atoms with Crippen LogP contribution in [0, 0.1) is 62.1 Å². The Balaban J connectivity index is 1.62. The molecule has 5 aliphatic carbocycles. The van der Waals surface area contributed by atoms with Gasteiger partial charge in [0.2, 0.25) is 0 Å². The van der Waals surface area contributed by atoms with E-state index in [1.807, 2.05) is 7.11 Å². The lowest BCUT2D eigenvalue weighted by atomic mass is 9.34. The molecule has 3 heteroatoms. The van der Waals surface area contributed by atoms with Gasteiger partial charge in [-0.15, -0.1) is 0 Å². The van der Waals surface area contributed by atoms with E-state index in [9.17, 15) is 10.1 Å². The molecule has 3 fully saturated rings. The van der Waals surface area contributed by atoms with Crippen LogP contribution in [0.25, 0.3) is 0 Å². The molecule has 0 saturated heterocycles. The maximum Gasteiger partial charge on any atom is 0.159 e. The van der Waals surface area contributed by atoms with Crippen LogP contribution in [0.4, 0.5) is 0 Å². The Labute approximate surface area is 220 Å². The highest BCUT2D eigenvalue weighted by Gasteiger charge is 2.68. The van der Waals surface area contributed by atoms with Gasteiger partial charge in [0.15, 0.2) is 5.78 Å². The van der Waals surface area contributed by atoms with Crippen molar-refractivity contribution in [1.29, 1.82) is 5.26 Å². The van der Waals surface area contributed by atoms with Crippen LogP contribution in [0.3, 0.4) is 0 Å². The zero-order chi connectivity index (χ0) is 26.1. The largest absolute Gasteiger partial charge is 0.385 e. The average Bonchev–Trinajstić information content (AvgIpc) is 2.80. The van der Waals surface area contributed by atoms with Crippen molar-refractivity contribution in [3.63, 3.8) is 0 Å². The van der Waals surface area contributed by atoms with Crippen molar-refractivity contribution in [3.8, 4) is 6.07 Å². The summed E-state index contributed by atoms with van der Waals surface area (Å²) in [5.74, 6) is 1.98. The SMILES string of the molecule is COCCC[C@]12CCC(C)(C)CC1C1C(=O)C=C3[C@@]4(C)C=C(C#N)C[C@@H](C)[C@@H]4CC[C@@]3(C)[C@]1(C)CC2. The van der Waals surface area contributed by atoms with E-state index in [0.717, 1.165) is 31.4 Å². The highest BCUT2D eigenvalue weighted by molar-refractivity contribution is 5.95.